The average molecular weight is 574 g/mol. The van der Waals surface area contributed by atoms with E-state index >= 15 is 0 Å². The Labute approximate surface area is 230 Å². The van der Waals surface area contributed by atoms with Crippen LogP contribution < -0.4 is 16.4 Å². The van der Waals surface area contributed by atoms with E-state index in [1.165, 1.54) is 0 Å². The Balaban J connectivity index is 0.00000241. The predicted molar refractivity (Wildman–Crippen MR) is 147 cm³/mol. The van der Waals surface area contributed by atoms with Crippen molar-refractivity contribution in [2.45, 2.75) is 43.0 Å². The van der Waals surface area contributed by atoms with Crippen molar-refractivity contribution in [3.63, 3.8) is 0 Å². The molecule has 1 aromatic heterocycles. The van der Waals surface area contributed by atoms with Crippen LogP contribution in [0, 0.1) is 10.8 Å². The maximum Gasteiger partial charge on any atom is 0.314 e. The number of benzene rings is 1. The molecule has 2 aliphatic heterocycles. The lowest BCUT2D eigenvalue weighted by atomic mass is 9.78. The number of piperidine rings is 1. The van der Waals surface area contributed by atoms with Crippen LogP contribution >= 0.6 is 24.8 Å². The number of nitrogens with two attached hydrogens (primary N) is 2. The number of aromatic nitrogens is 1. The number of rotatable bonds is 6. The van der Waals surface area contributed by atoms with Crippen molar-refractivity contribution < 1.29 is 17.9 Å². The van der Waals surface area contributed by atoms with Gasteiger partial charge >= 0.3 is 5.97 Å². The smallest absolute Gasteiger partial charge is 0.314 e. The highest BCUT2D eigenvalue weighted by atomic mass is 35.5. The third-order valence-corrected chi connectivity index (χ3v) is 9.13. The van der Waals surface area contributed by atoms with Crippen molar-refractivity contribution >= 4 is 52.3 Å². The topological polar surface area (TPSA) is 156 Å². The first-order chi connectivity index (χ1) is 16.7. The molecule has 1 fully saturated rings. The summed E-state index contributed by atoms with van der Waals surface area (Å²) >= 11 is 0. The van der Waals surface area contributed by atoms with Crippen molar-refractivity contribution in [3.8, 4) is 0 Å². The van der Waals surface area contributed by atoms with E-state index in [1.807, 2.05) is 12.1 Å². The largest absolute Gasteiger partial charge is 0.465 e. The quantitative estimate of drug-likeness (QED) is 0.268. The molecule has 5 N–H and O–H groups in total. The minimum atomic E-state index is -4.07. The number of carbonyl (C=O) groups excluding carboxylic acids is 1. The van der Waals surface area contributed by atoms with E-state index in [4.69, 9.17) is 21.6 Å². The molecule has 4 rings (SSSR count). The van der Waals surface area contributed by atoms with Gasteiger partial charge in [0.15, 0.2) is 15.8 Å². The normalized spacial score (nSPS) is 17.5. The van der Waals surface area contributed by atoms with E-state index in [9.17, 15) is 13.2 Å². The molecule has 0 amide bonds. The lowest BCUT2D eigenvalue weighted by Crippen LogP contribution is -2.57. The van der Waals surface area contributed by atoms with Crippen LogP contribution in [0.1, 0.15) is 30.9 Å². The zero-order valence-corrected chi connectivity index (χ0v) is 23.1. The third-order valence-electron chi connectivity index (χ3n) is 7.10. The second-order valence-corrected chi connectivity index (χ2v) is 11.1. The van der Waals surface area contributed by atoms with Gasteiger partial charge < -0.3 is 26.0 Å². The number of esters is 1. The van der Waals surface area contributed by atoms with Gasteiger partial charge in [-0.1, -0.05) is 6.07 Å². The molecule has 0 aliphatic carbocycles. The highest BCUT2D eigenvalue weighted by Crippen LogP contribution is 2.41. The Hall–Kier alpha value is -2.60. The summed E-state index contributed by atoms with van der Waals surface area (Å²) in [5.74, 6) is -0.631. The average Bonchev–Trinajstić information content (AvgIpc) is 2.88. The van der Waals surface area contributed by atoms with Gasteiger partial charge in [0.1, 0.15) is 10.8 Å². The number of nitrogens with zero attached hydrogens (tertiary/aromatic N) is 3. The fourth-order valence-electron chi connectivity index (χ4n) is 4.96. The molecule has 1 saturated heterocycles. The monoisotopic (exact) mass is 572 g/mol. The van der Waals surface area contributed by atoms with Crippen LogP contribution in [0.25, 0.3) is 0 Å². The van der Waals surface area contributed by atoms with Gasteiger partial charge in [-0.25, -0.2) is 8.42 Å². The predicted octanol–water partition coefficient (Wildman–Crippen LogP) is 2.09. The van der Waals surface area contributed by atoms with Gasteiger partial charge in [-0.2, -0.15) is 0 Å². The van der Waals surface area contributed by atoms with Crippen LogP contribution in [0.4, 0.5) is 5.69 Å². The molecule has 0 bridgehead atoms. The Morgan fingerprint density at radius 3 is 2.38 bits per heavy atom. The summed E-state index contributed by atoms with van der Waals surface area (Å²) < 4.78 is 32.9. The zero-order valence-electron chi connectivity index (χ0n) is 20.6. The van der Waals surface area contributed by atoms with Crippen LogP contribution in [0.3, 0.4) is 0 Å². The minimum Gasteiger partial charge on any atom is -0.465 e. The first-order valence-electron chi connectivity index (χ1n) is 11.7. The van der Waals surface area contributed by atoms with Gasteiger partial charge in [0, 0.05) is 44.3 Å². The number of pyridine rings is 1. The molecule has 37 heavy (non-hydrogen) atoms. The second-order valence-electron chi connectivity index (χ2n) is 9.02. The number of nitrogens with one attached hydrogen (secondary N) is 1. The Kier molecular flexibility index (Phi) is 10.2. The number of halogens is 2. The van der Waals surface area contributed by atoms with Crippen LogP contribution in [0.2, 0.25) is 0 Å². The summed E-state index contributed by atoms with van der Waals surface area (Å²) in [6, 6.07) is 8.71. The number of hydrogen-bond donors (Lipinski definition) is 3. The highest BCUT2D eigenvalue weighted by Gasteiger charge is 2.53. The summed E-state index contributed by atoms with van der Waals surface area (Å²) in [6.45, 7) is 3.72. The molecule has 1 unspecified atom stereocenters. The minimum absolute atomic E-state index is 0. The number of hydrogen-bond acceptors (Lipinski definition) is 8. The molecule has 2 aliphatic rings. The van der Waals surface area contributed by atoms with Crippen LogP contribution in [0.5, 0.6) is 0 Å². The number of anilines is 1. The van der Waals surface area contributed by atoms with Crippen LogP contribution in [-0.4, -0.2) is 61.8 Å². The molecule has 1 aromatic carbocycles. The fraction of sp³-hybridized carbons (Fsp3) is 0.458. The van der Waals surface area contributed by atoms with Gasteiger partial charge in [-0.15, -0.1) is 24.8 Å². The van der Waals surface area contributed by atoms with E-state index in [-0.39, 0.29) is 55.1 Å². The summed E-state index contributed by atoms with van der Waals surface area (Å²) in [7, 11) is -4.07. The van der Waals surface area contributed by atoms with Crippen molar-refractivity contribution in [3.05, 3.63) is 53.9 Å². The molecule has 0 radical (unpaired) electrons. The van der Waals surface area contributed by atoms with E-state index in [1.54, 1.807) is 42.4 Å². The van der Waals surface area contributed by atoms with Crippen LogP contribution in [-0.2, 0) is 32.3 Å². The zero-order chi connectivity index (χ0) is 25.2. The number of sulfone groups is 1. The lowest BCUT2D eigenvalue weighted by Gasteiger charge is -2.43. The maximum absolute atomic E-state index is 13.8. The van der Waals surface area contributed by atoms with Gasteiger partial charge in [-0.3, -0.25) is 15.2 Å². The molecule has 204 valence electrons. The highest BCUT2D eigenvalue weighted by molar-refractivity contribution is 7.92. The number of fused-ring (bicyclic) bond motifs is 1. The van der Waals surface area contributed by atoms with Gasteiger partial charge in [-0.05, 0) is 61.6 Å². The van der Waals surface area contributed by atoms with Crippen LogP contribution in [0.15, 0.2) is 47.6 Å². The van der Waals surface area contributed by atoms with Crippen molar-refractivity contribution in [2.24, 2.45) is 16.9 Å². The molecule has 0 saturated carbocycles. The Morgan fingerprint density at radius 2 is 1.78 bits per heavy atom. The molecule has 0 spiro atoms. The van der Waals surface area contributed by atoms with E-state index < -0.39 is 26.6 Å². The summed E-state index contributed by atoms with van der Waals surface area (Å²) in [6.07, 6.45) is 4.55. The van der Waals surface area contributed by atoms with E-state index in [2.05, 4.69) is 9.88 Å². The third kappa shape index (κ3) is 5.95. The maximum atomic E-state index is 13.8. The number of carbonyl (C=O) groups is 1. The van der Waals surface area contributed by atoms with Crippen molar-refractivity contribution in [2.75, 3.05) is 31.1 Å². The Morgan fingerprint density at radius 1 is 1.14 bits per heavy atom. The first kappa shape index (κ1) is 30.6. The van der Waals surface area contributed by atoms with Gasteiger partial charge in [0.2, 0.25) is 0 Å². The van der Waals surface area contributed by atoms with E-state index in [0.717, 1.165) is 16.8 Å². The number of guanidine groups is 1. The fourth-order valence-corrected chi connectivity index (χ4v) is 6.74. The molecule has 13 heteroatoms. The summed E-state index contributed by atoms with van der Waals surface area (Å²) in [5.41, 5.74) is 13.5. The summed E-state index contributed by atoms with van der Waals surface area (Å²) in [4.78, 5) is 21.1. The standard InChI is InChI=1S/C24H32N6O4S.2ClH/c1-2-34-22(31)24(8-13-29(14-9-24)19-5-10-28-11-6-19)21(25)35(32,33)20-4-3-17-7-12-30(23(26)27)16-18(17)15-20;;/h3-6,10-11,15,21H,2,7-9,12-14,16,25H2,1H3,(H3,26,27);2*1H. The molecule has 1 atom stereocenters. The number of ether oxygens (including phenoxy) is 1. The van der Waals surface area contributed by atoms with E-state index in [0.29, 0.717) is 32.6 Å². The van der Waals surface area contributed by atoms with Gasteiger partial charge in [0.05, 0.1) is 11.5 Å². The Bertz CT molecular complexity index is 1210. The molecular formula is C24H34Cl2N6O4S. The van der Waals surface area contributed by atoms with Crippen molar-refractivity contribution in [1.29, 1.82) is 5.41 Å². The molecule has 3 heterocycles. The SMILES string of the molecule is CCOC(=O)C1(C(N)S(=O)(=O)c2ccc3c(c2)CN(C(=N)N)CC3)CCN(c2ccncc2)CC1.Cl.Cl. The molecule has 10 nitrogen and oxygen atoms in total. The summed E-state index contributed by atoms with van der Waals surface area (Å²) in [5, 5.41) is 6.25. The van der Waals surface area contributed by atoms with Gasteiger partial charge in [0.25, 0.3) is 0 Å². The van der Waals surface area contributed by atoms with Crippen molar-refractivity contribution in [1.82, 2.24) is 9.88 Å². The lowest BCUT2D eigenvalue weighted by molar-refractivity contribution is -0.157. The second kappa shape index (κ2) is 12.3. The molecule has 2 aromatic rings. The molecular weight excluding hydrogens is 539 g/mol. The first-order valence-corrected chi connectivity index (χ1v) is 13.3.